The molecule has 1 amide bonds. The number of carbonyl (C=O) groups excluding carboxylic acids is 1. The first-order chi connectivity index (χ1) is 9.61. The van der Waals surface area contributed by atoms with Crippen LogP contribution in [0.4, 0.5) is 5.82 Å². The molecule has 0 aromatic carbocycles. The van der Waals surface area contributed by atoms with E-state index < -0.39 is 0 Å². The molecule has 20 heavy (non-hydrogen) atoms. The van der Waals surface area contributed by atoms with Crippen molar-refractivity contribution in [2.24, 2.45) is 0 Å². The predicted molar refractivity (Wildman–Crippen MR) is 76.7 cm³/mol. The summed E-state index contributed by atoms with van der Waals surface area (Å²) >= 11 is 0. The van der Waals surface area contributed by atoms with Crippen LogP contribution in [0, 0.1) is 0 Å². The number of nitrogens with zero attached hydrogens (tertiary/aromatic N) is 5. The largest absolute Gasteiger partial charge is 0.359 e. The Bertz CT molecular complexity index is 594. The average Bonchev–Trinajstić information content (AvgIpc) is 2.90. The van der Waals surface area contributed by atoms with Gasteiger partial charge in [-0.15, -0.1) is 0 Å². The van der Waals surface area contributed by atoms with Crippen LogP contribution < -0.4 is 10.2 Å². The van der Waals surface area contributed by atoms with Gasteiger partial charge >= 0.3 is 0 Å². The molecule has 0 fully saturated rings. The number of aryl methyl sites for hydroxylation is 1. The summed E-state index contributed by atoms with van der Waals surface area (Å²) in [5, 5.41) is 7.00. The summed E-state index contributed by atoms with van der Waals surface area (Å²) in [7, 11) is 2.00. The lowest BCUT2D eigenvalue weighted by atomic mass is 10.3. The van der Waals surface area contributed by atoms with Gasteiger partial charge in [0.15, 0.2) is 0 Å². The van der Waals surface area contributed by atoms with Gasteiger partial charge in [0.1, 0.15) is 12.1 Å². The third-order valence-electron chi connectivity index (χ3n) is 3.08. The van der Waals surface area contributed by atoms with Crippen molar-refractivity contribution in [3.8, 4) is 0 Å². The van der Waals surface area contributed by atoms with Gasteiger partial charge < -0.3 is 10.2 Å². The third-order valence-corrected chi connectivity index (χ3v) is 3.08. The number of amides is 1. The standard InChI is InChI=1S/C13H20N6O/c1-4-11-8-12(19-13(17-11)15-9-16-19)18(3)7-5-6-14-10(2)20/h8-9H,4-7H2,1-3H3,(H,14,20). The van der Waals surface area contributed by atoms with Crippen LogP contribution in [-0.4, -0.2) is 45.6 Å². The zero-order valence-electron chi connectivity index (χ0n) is 12.1. The fourth-order valence-corrected chi connectivity index (χ4v) is 1.99. The SMILES string of the molecule is CCc1cc(N(C)CCCNC(C)=O)n2ncnc2n1. The molecule has 108 valence electrons. The Kier molecular flexibility index (Phi) is 4.49. The lowest BCUT2D eigenvalue weighted by Crippen LogP contribution is -2.27. The maximum absolute atomic E-state index is 10.8. The van der Waals surface area contributed by atoms with Crippen molar-refractivity contribution in [3.05, 3.63) is 18.1 Å². The van der Waals surface area contributed by atoms with Gasteiger partial charge in [-0.2, -0.15) is 14.6 Å². The van der Waals surface area contributed by atoms with Crippen LogP contribution in [0.1, 0.15) is 26.0 Å². The second-order valence-corrected chi connectivity index (χ2v) is 4.69. The fraction of sp³-hybridized carbons (Fsp3) is 0.538. The van der Waals surface area contributed by atoms with E-state index in [9.17, 15) is 4.79 Å². The van der Waals surface area contributed by atoms with Crippen LogP contribution >= 0.6 is 0 Å². The van der Waals surface area contributed by atoms with Gasteiger partial charge in [-0.25, -0.2) is 4.98 Å². The minimum absolute atomic E-state index is 0.00324. The van der Waals surface area contributed by atoms with Crippen LogP contribution in [-0.2, 0) is 11.2 Å². The highest BCUT2D eigenvalue weighted by Gasteiger charge is 2.10. The van der Waals surface area contributed by atoms with E-state index in [2.05, 4.69) is 32.2 Å². The van der Waals surface area contributed by atoms with Crippen LogP contribution in [0.2, 0.25) is 0 Å². The Morgan fingerprint density at radius 2 is 2.30 bits per heavy atom. The van der Waals surface area contributed by atoms with Gasteiger partial charge in [0.25, 0.3) is 5.78 Å². The molecule has 2 heterocycles. The minimum Gasteiger partial charge on any atom is -0.359 e. The van der Waals surface area contributed by atoms with Crippen molar-refractivity contribution in [2.45, 2.75) is 26.7 Å². The van der Waals surface area contributed by atoms with Crippen molar-refractivity contribution >= 4 is 17.5 Å². The Balaban J connectivity index is 2.10. The van der Waals surface area contributed by atoms with Crippen LogP contribution in [0.3, 0.4) is 0 Å². The summed E-state index contributed by atoms with van der Waals surface area (Å²) in [5.41, 5.74) is 0.995. The Morgan fingerprint density at radius 3 is 3.00 bits per heavy atom. The topological polar surface area (TPSA) is 75.4 Å². The van der Waals surface area contributed by atoms with E-state index in [4.69, 9.17) is 0 Å². The van der Waals surface area contributed by atoms with Crippen LogP contribution in [0.15, 0.2) is 12.4 Å². The minimum atomic E-state index is 0.00324. The quantitative estimate of drug-likeness (QED) is 0.784. The van der Waals surface area contributed by atoms with E-state index in [1.54, 1.807) is 4.52 Å². The Morgan fingerprint density at radius 1 is 1.50 bits per heavy atom. The lowest BCUT2D eigenvalue weighted by molar-refractivity contribution is -0.118. The summed E-state index contributed by atoms with van der Waals surface area (Å²) in [6.45, 7) is 5.09. The zero-order chi connectivity index (χ0) is 14.5. The summed E-state index contributed by atoms with van der Waals surface area (Å²) in [4.78, 5) is 21.5. The zero-order valence-corrected chi connectivity index (χ0v) is 12.1. The van der Waals surface area contributed by atoms with Crippen molar-refractivity contribution in [1.29, 1.82) is 0 Å². The molecule has 1 N–H and O–H groups in total. The van der Waals surface area contributed by atoms with E-state index >= 15 is 0 Å². The predicted octanol–water partition coefficient (Wildman–Crippen LogP) is 0.649. The van der Waals surface area contributed by atoms with Crippen molar-refractivity contribution in [2.75, 3.05) is 25.0 Å². The van der Waals surface area contributed by atoms with E-state index in [0.29, 0.717) is 12.3 Å². The van der Waals surface area contributed by atoms with Crippen molar-refractivity contribution < 1.29 is 4.79 Å². The molecule has 0 aliphatic heterocycles. The molecule has 0 spiro atoms. The summed E-state index contributed by atoms with van der Waals surface area (Å²) in [5.74, 6) is 1.59. The molecule has 0 atom stereocenters. The molecule has 0 aliphatic carbocycles. The Hall–Kier alpha value is -2.18. The van der Waals surface area contributed by atoms with Gasteiger partial charge in [-0.05, 0) is 12.8 Å². The summed E-state index contributed by atoms with van der Waals surface area (Å²) in [6.07, 6.45) is 3.24. The first-order valence-electron chi connectivity index (χ1n) is 6.77. The molecule has 7 heteroatoms. The molecular formula is C13H20N6O. The average molecular weight is 276 g/mol. The molecule has 2 aromatic rings. The highest BCUT2D eigenvalue weighted by molar-refractivity contribution is 5.72. The van der Waals surface area contributed by atoms with E-state index in [0.717, 1.165) is 30.9 Å². The monoisotopic (exact) mass is 276 g/mol. The molecule has 7 nitrogen and oxygen atoms in total. The number of nitrogens with one attached hydrogen (secondary N) is 1. The summed E-state index contributed by atoms with van der Waals surface area (Å²) in [6, 6.07) is 2.03. The normalized spacial score (nSPS) is 10.8. The first kappa shape index (κ1) is 14.2. The van der Waals surface area contributed by atoms with Gasteiger partial charge in [0.2, 0.25) is 5.91 Å². The molecule has 0 radical (unpaired) electrons. The van der Waals surface area contributed by atoms with Crippen molar-refractivity contribution in [3.63, 3.8) is 0 Å². The molecule has 0 saturated carbocycles. The van der Waals surface area contributed by atoms with Crippen LogP contribution in [0.25, 0.3) is 5.78 Å². The van der Waals surface area contributed by atoms with Gasteiger partial charge in [-0.1, -0.05) is 6.92 Å². The molecule has 2 rings (SSSR count). The number of hydrogen-bond acceptors (Lipinski definition) is 5. The third kappa shape index (κ3) is 3.23. The maximum atomic E-state index is 10.8. The number of carbonyl (C=O) groups is 1. The second kappa shape index (κ2) is 6.31. The smallest absolute Gasteiger partial charge is 0.254 e. The second-order valence-electron chi connectivity index (χ2n) is 4.69. The molecule has 0 unspecified atom stereocenters. The van der Waals surface area contributed by atoms with Gasteiger partial charge in [-0.3, -0.25) is 4.79 Å². The van der Waals surface area contributed by atoms with Crippen LogP contribution in [0.5, 0.6) is 0 Å². The number of rotatable bonds is 6. The van der Waals surface area contributed by atoms with Crippen molar-refractivity contribution in [1.82, 2.24) is 24.9 Å². The number of anilines is 1. The highest BCUT2D eigenvalue weighted by Crippen LogP contribution is 2.15. The Labute approximate surface area is 118 Å². The number of fused-ring (bicyclic) bond motifs is 1. The maximum Gasteiger partial charge on any atom is 0.254 e. The van der Waals surface area contributed by atoms with Gasteiger partial charge in [0.05, 0.1) is 0 Å². The van der Waals surface area contributed by atoms with E-state index in [1.807, 2.05) is 13.1 Å². The van der Waals surface area contributed by atoms with Gasteiger partial charge in [0, 0.05) is 38.8 Å². The number of hydrogen-bond donors (Lipinski definition) is 1. The molecule has 2 aromatic heterocycles. The van der Waals surface area contributed by atoms with E-state index in [-0.39, 0.29) is 5.91 Å². The first-order valence-corrected chi connectivity index (χ1v) is 6.77. The highest BCUT2D eigenvalue weighted by atomic mass is 16.1. The molecule has 0 saturated heterocycles. The van der Waals surface area contributed by atoms with E-state index in [1.165, 1.54) is 13.3 Å². The molecule has 0 bridgehead atoms. The lowest BCUT2D eigenvalue weighted by Gasteiger charge is -2.20. The molecule has 0 aliphatic rings. The number of aromatic nitrogens is 4. The molecular weight excluding hydrogens is 256 g/mol. The fourth-order valence-electron chi connectivity index (χ4n) is 1.99. The summed E-state index contributed by atoms with van der Waals surface area (Å²) < 4.78 is 1.73.